The van der Waals surface area contributed by atoms with Gasteiger partial charge in [0, 0.05) is 11.7 Å². The fourth-order valence-corrected chi connectivity index (χ4v) is 1.42. The largest absolute Gasteiger partial charge is 0.379 e. The summed E-state index contributed by atoms with van der Waals surface area (Å²) in [6.07, 6.45) is 1.07. The maximum atomic E-state index is 3.98. The molecule has 0 aliphatic carbocycles. The molecule has 0 saturated carbocycles. The highest BCUT2D eigenvalue weighted by Crippen LogP contribution is 2.14. The Bertz CT molecular complexity index is 298. The lowest BCUT2D eigenvalue weighted by atomic mass is 10.1. The highest BCUT2D eigenvalue weighted by molar-refractivity contribution is 5.46. The molecule has 0 saturated heterocycles. The molecule has 0 aliphatic rings. The second kappa shape index (κ2) is 4.85. The minimum atomic E-state index is 0.387. The standard InChI is InChI=1S/C13H19N/c1-5-13(10(2)3)14-12-8-6-11(4)7-9-12/h6-9,13-14H,2,5H2,1,3-4H3/t13-/m0/s1. The Hall–Kier alpha value is -1.24. The molecule has 0 heterocycles. The van der Waals surface area contributed by atoms with Gasteiger partial charge in [-0.3, -0.25) is 0 Å². The third-order valence-electron chi connectivity index (χ3n) is 2.40. The third kappa shape index (κ3) is 2.91. The predicted octanol–water partition coefficient (Wildman–Crippen LogP) is 3.76. The van der Waals surface area contributed by atoms with Crippen LogP contribution in [0.15, 0.2) is 36.4 Å². The molecule has 0 amide bonds. The molecule has 0 radical (unpaired) electrons. The Labute approximate surface area is 86.8 Å². The number of hydrogen-bond acceptors (Lipinski definition) is 1. The third-order valence-corrected chi connectivity index (χ3v) is 2.40. The van der Waals surface area contributed by atoms with E-state index in [0.29, 0.717) is 6.04 Å². The smallest absolute Gasteiger partial charge is 0.0465 e. The summed E-state index contributed by atoms with van der Waals surface area (Å²) in [6, 6.07) is 8.85. The fourth-order valence-electron chi connectivity index (χ4n) is 1.42. The van der Waals surface area contributed by atoms with E-state index in [-0.39, 0.29) is 0 Å². The number of anilines is 1. The first-order valence-electron chi connectivity index (χ1n) is 5.12. The van der Waals surface area contributed by atoms with Crippen LogP contribution in [0.4, 0.5) is 5.69 Å². The van der Waals surface area contributed by atoms with Crippen molar-refractivity contribution in [3.05, 3.63) is 42.0 Å². The molecule has 0 unspecified atom stereocenters. The maximum absolute atomic E-state index is 3.98. The molecule has 0 aliphatic heterocycles. The van der Waals surface area contributed by atoms with Crippen molar-refractivity contribution in [2.45, 2.75) is 33.2 Å². The van der Waals surface area contributed by atoms with Gasteiger partial charge in [-0.15, -0.1) is 0 Å². The molecule has 1 heteroatoms. The average molecular weight is 189 g/mol. The van der Waals surface area contributed by atoms with Crippen molar-refractivity contribution in [3.8, 4) is 0 Å². The van der Waals surface area contributed by atoms with Gasteiger partial charge in [0.05, 0.1) is 0 Å². The zero-order chi connectivity index (χ0) is 10.6. The van der Waals surface area contributed by atoms with Gasteiger partial charge < -0.3 is 5.32 Å². The minimum absolute atomic E-state index is 0.387. The van der Waals surface area contributed by atoms with Crippen molar-refractivity contribution in [1.29, 1.82) is 0 Å². The SMILES string of the molecule is C=C(C)[C@H](CC)Nc1ccc(C)cc1. The van der Waals surface area contributed by atoms with Gasteiger partial charge in [-0.2, -0.15) is 0 Å². The van der Waals surface area contributed by atoms with Gasteiger partial charge in [-0.1, -0.05) is 36.8 Å². The lowest BCUT2D eigenvalue weighted by Crippen LogP contribution is -2.18. The Kier molecular flexibility index (Phi) is 3.75. The van der Waals surface area contributed by atoms with Crippen molar-refractivity contribution >= 4 is 5.69 Å². The van der Waals surface area contributed by atoms with Crippen LogP contribution in [-0.4, -0.2) is 6.04 Å². The van der Waals surface area contributed by atoms with E-state index in [1.165, 1.54) is 16.8 Å². The first-order chi connectivity index (χ1) is 6.63. The van der Waals surface area contributed by atoms with Crippen molar-refractivity contribution in [1.82, 2.24) is 0 Å². The van der Waals surface area contributed by atoms with Crippen LogP contribution in [0.1, 0.15) is 25.8 Å². The van der Waals surface area contributed by atoms with Crippen LogP contribution in [0, 0.1) is 6.92 Å². The zero-order valence-electron chi connectivity index (χ0n) is 9.30. The molecule has 1 rings (SSSR count). The number of hydrogen-bond donors (Lipinski definition) is 1. The van der Waals surface area contributed by atoms with E-state index in [9.17, 15) is 0 Å². The first kappa shape index (κ1) is 10.8. The summed E-state index contributed by atoms with van der Waals surface area (Å²) in [5.74, 6) is 0. The minimum Gasteiger partial charge on any atom is -0.379 e. The van der Waals surface area contributed by atoms with Crippen LogP contribution in [-0.2, 0) is 0 Å². The van der Waals surface area contributed by atoms with E-state index in [0.717, 1.165) is 6.42 Å². The van der Waals surface area contributed by atoms with Gasteiger partial charge in [0.15, 0.2) is 0 Å². The lowest BCUT2D eigenvalue weighted by molar-refractivity contribution is 0.791. The van der Waals surface area contributed by atoms with Crippen LogP contribution in [0.5, 0.6) is 0 Å². The van der Waals surface area contributed by atoms with Crippen molar-refractivity contribution in [2.75, 3.05) is 5.32 Å². The summed E-state index contributed by atoms with van der Waals surface area (Å²) in [4.78, 5) is 0. The first-order valence-corrected chi connectivity index (χ1v) is 5.12. The molecule has 14 heavy (non-hydrogen) atoms. The number of nitrogens with one attached hydrogen (secondary N) is 1. The summed E-state index contributed by atoms with van der Waals surface area (Å²) in [6.45, 7) is 10.3. The molecule has 0 fully saturated rings. The monoisotopic (exact) mass is 189 g/mol. The van der Waals surface area contributed by atoms with Crippen LogP contribution >= 0.6 is 0 Å². The molecule has 0 bridgehead atoms. The van der Waals surface area contributed by atoms with E-state index in [4.69, 9.17) is 0 Å². The summed E-state index contributed by atoms with van der Waals surface area (Å²) in [5, 5.41) is 3.46. The Morgan fingerprint density at radius 3 is 2.36 bits per heavy atom. The van der Waals surface area contributed by atoms with Crippen LogP contribution in [0.25, 0.3) is 0 Å². The van der Waals surface area contributed by atoms with Crippen molar-refractivity contribution < 1.29 is 0 Å². The second-order valence-corrected chi connectivity index (χ2v) is 3.82. The Morgan fingerprint density at radius 1 is 1.36 bits per heavy atom. The quantitative estimate of drug-likeness (QED) is 0.711. The molecular formula is C13H19N. The lowest BCUT2D eigenvalue weighted by Gasteiger charge is -2.18. The van der Waals surface area contributed by atoms with Gasteiger partial charge in [0.2, 0.25) is 0 Å². The van der Waals surface area contributed by atoms with E-state index in [1.807, 2.05) is 0 Å². The average Bonchev–Trinajstić information content (AvgIpc) is 2.16. The second-order valence-electron chi connectivity index (χ2n) is 3.82. The predicted molar refractivity (Wildman–Crippen MR) is 63.7 cm³/mol. The summed E-state index contributed by atoms with van der Waals surface area (Å²) < 4.78 is 0. The van der Waals surface area contributed by atoms with Crippen molar-refractivity contribution in [3.63, 3.8) is 0 Å². The topological polar surface area (TPSA) is 12.0 Å². The molecule has 1 nitrogen and oxygen atoms in total. The Morgan fingerprint density at radius 2 is 1.93 bits per heavy atom. The maximum Gasteiger partial charge on any atom is 0.0465 e. The van der Waals surface area contributed by atoms with Gasteiger partial charge >= 0.3 is 0 Å². The molecule has 1 aromatic rings. The summed E-state index contributed by atoms with van der Waals surface area (Å²) in [5.41, 5.74) is 3.65. The van der Waals surface area contributed by atoms with Crippen LogP contribution < -0.4 is 5.32 Å². The molecule has 0 spiro atoms. The van der Waals surface area contributed by atoms with Crippen LogP contribution in [0.3, 0.4) is 0 Å². The normalized spacial score (nSPS) is 12.2. The summed E-state index contributed by atoms with van der Waals surface area (Å²) in [7, 11) is 0. The Balaban J connectivity index is 2.67. The fraction of sp³-hybridized carbons (Fsp3) is 0.385. The van der Waals surface area contributed by atoms with E-state index in [2.05, 4.69) is 56.9 Å². The molecule has 1 N–H and O–H groups in total. The van der Waals surface area contributed by atoms with Crippen LogP contribution in [0.2, 0.25) is 0 Å². The highest BCUT2D eigenvalue weighted by Gasteiger charge is 2.05. The van der Waals surface area contributed by atoms with Gasteiger partial charge in [0.25, 0.3) is 0 Å². The zero-order valence-corrected chi connectivity index (χ0v) is 9.30. The number of rotatable bonds is 4. The van der Waals surface area contributed by atoms with Gasteiger partial charge in [-0.25, -0.2) is 0 Å². The molecular weight excluding hydrogens is 170 g/mol. The molecule has 0 aromatic heterocycles. The molecule has 1 atom stereocenters. The number of aryl methyl sites for hydroxylation is 1. The van der Waals surface area contributed by atoms with E-state index in [1.54, 1.807) is 0 Å². The van der Waals surface area contributed by atoms with E-state index < -0.39 is 0 Å². The molecule has 1 aromatic carbocycles. The molecule has 76 valence electrons. The number of benzene rings is 1. The summed E-state index contributed by atoms with van der Waals surface area (Å²) >= 11 is 0. The van der Waals surface area contributed by atoms with Gasteiger partial charge in [-0.05, 0) is 32.4 Å². The van der Waals surface area contributed by atoms with E-state index >= 15 is 0 Å². The van der Waals surface area contributed by atoms with Gasteiger partial charge in [0.1, 0.15) is 0 Å². The van der Waals surface area contributed by atoms with Crippen molar-refractivity contribution in [2.24, 2.45) is 0 Å². The highest BCUT2D eigenvalue weighted by atomic mass is 14.9.